The van der Waals surface area contributed by atoms with Crippen LogP contribution >= 0.6 is 47.8 Å². The number of hydrogen-bond acceptors (Lipinski definition) is 2. The molecule has 0 fully saturated rings. The van der Waals surface area contributed by atoms with Gasteiger partial charge in [-0.05, 0) is 42.0 Å². The molecule has 0 aliphatic heterocycles. The lowest BCUT2D eigenvalue weighted by atomic mass is 10.0. The fourth-order valence-electron chi connectivity index (χ4n) is 1.83. The van der Waals surface area contributed by atoms with Crippen molar-refractivity contribution >= 4 is 47.8 Å². The molecule has 0 spiro atoms. The molecule has 2 aromatic rings. The Hall–Kier alpha value is -0.360. The first-order chi connectivity index (χ1) is 9.01. The summed E-state index contributed by atoms with van der Waals surface area (Å²) in [5, 5.41) is 10.5. The van der Waals surface area contributed by atoms with Crippen LogP contribution in [0.2, 0.25) is 0 Å². The summed E-state index contributed by atoms with van der Waals surface area (Å²) in [5.74, 6) is 0.659. The highest BCUT2D eigenvalue weighted by molar-refractivity contribution is 9.11. The standard InChI is InChI=1S/C14H11Br3O2/c1-19-13-3-2-9(15)7-12(13)14(18)8-4-10(16)6-11(17)5-8/h2-7,14,18H,1H3. The quantitative estimate of drug-likeness (QED) is 0.708. The Morgan fingerprint density at radius 1 is 0.947 bits per heavy atom. The first kappa shape index (κ1) is 15.0. The molecule has 1 N–H and O–H groups in total. The van der Waals surface area contributed by atoms with Crippen molar-refractivity contribution in [3.8, 4) is 5.75 Å². The van der Waals surface area contributed by atoms with Gasteiger partial charge in [-0.25, -0.2) is 0 Å². The third kappa shape index (κ3) is 3.60. The fraction of sp³-hybridized carbons (Fsp3) is 0.143. The van der Waals surface area contributed by atoms with Crippen molar-refractivity contribution in [1.82, 2.24) is 0 Å². The molecule has 0 heterocycles. The lowest BCUT2D eigenvalue weighted by Gasteiger charge is -2.16. The van der Waals surface area contributed by atoms with E-state index in [1.165, 1.54) is 0 Å². The van der Waals surface area contributed by atoms with Gasteiger partial charge in [0.15, 0.2) is 0 Å². The highest BCUT2D eigenvalue weighted by atomic mass is 79.9. The number of methoxy groups -OCH3 is 1. The van der Waals surface area contributed by atoms with Gasteiger partial charge in [-0.3, -0.25) is 0 Å². The Morgan fingerprint density at radius 3 is 2.16 bits per heavy atom. The monoisotopic (exact) mass is 448 g/mol. The molecule has 0 aliphatic carbocycles. The number of hydrogen-bond donors (Lipinski definition) is 1. The molecular weight excluding hydrogens is 440 g/mol. The van der Waals surface area contributed by atoms with E-state index < -0.39 is 6.10 Å². The maximum atomic E-state index is 10.5. The van der Waals surface area contributed by atoms with Gasteiger partial charge >= 0.3 is 0 Å². The van der Waals surface area contributed by atoms with Gasteiger partial charge in [0.05, 0.1) is 7.11 Å². The third-order valence-corrected chi connectivity index (χ3v) is 4.10. The van der Waals surface area contributed by atoms with Crippen molar-refractivity contribution in [1.29, 1.82) is 0 Å². The molecule has 1 atom stereocenters. The molecule has 0 bridgehead atoms. The highest BCUT2D eigenvalue weighted by Crippen LogP contribution is 2.34. The lowest BCUT2D eigenvalue weighted by Crippen LogP contribution is -2.02. The average molecular weight is 451 g/mol. The summed E-state index contributed by atoms with van der Waals surface area (Å²) in [5.41, 5.74) is 1.51. The van der Waals surface area contributed by atoms with E-state index in [2.05, 4.69) is 47.8 Å². The molecule has 2 rings (SSSR count). The Kier molecular flexibility index (Phi) is 5.06. The van der Waals surface area contributed by atoms with E-state index in [4.69, 9.17) is 4.74 Å². The molecule has 100 valence electrons. The summed E-state index contributed by atoms with van der Waals surface area (Å²) in [6.07, 6.45) is -0.749. The van der Waals surface area contributed by atoms with Crippen molar-refractivity contribution in [3.63, 3.8) is 0 Å². The topological polar surface area (TPSA) is 29.5 Å². The van der Waals surface area contributed by atoms with Crippen LogP contribution in [-0.2, 0) is 0 Å². The van der Waals surface area contributed by atoms with E-state index in [0.717, 1.165) is 24.5 Å². The van der Waals surface area contributed by atoms with Crippen molar-refractivity contribution in [2.75, 3.05) is 7.11 Å². The molecule has 1 unspecified atom stereocenters. The maximum absolute atomic E-state index is 10.5. The Morgan fingerprint density at radius 2 is 1.58 bits per heavy atom. The molecular formula is C14H11Br3O2. The molecule has 0 saturated heterocycles. The van der Waals surface area contributed by atoms with Gasteiger partial charge < -0.3 is 9.84 Å². The van der Waals surface area contributed by atoms with Crippen molar-refractivity contribution in [2.45, 2.75) is 6.10 Å². The van der Waals surface area contributed by atoms with Crippen molar-refractivity contribution in [3.05, 3.63) is 60.9 Å². The van der Waals surface area contributed by atoms with Crippen LogP contribution in [0.3, 0.4) is 0 Å². The minimum atomic E-state index is -0.749. The van der Waals surface area contributed by atoms with Gasteiger partial charge in [0, 0.05) is 19.0 Å². The van der Waals surface area contributed by atoms with Gasteiger partial charge in [0.25, 0.3) is 0 Å². The molecule has 0 amide bonds. The van der Waals surface area contributed by atoms with Crippen LogP contribution in [-0.4, -0.2) is 12.2 Å². The molecule has 0 aliphatic rings. The minimum absolute atomic E-state index is 0.659. The largest absolute Gasteiger partial charge is 0.496 e. The zero-order chi connectivity index (χ0) is 14.0. The number of rotatable bonds is 3. The second kappa shape index (κ2) is 6.39. The highest BCUT2D eigenvalue weighted by Gasteiger charge is 2.16. The van der Waals surface area contributed by atoms with E-state index in [0.29, 0.717) is 5.75 Å². The van der Waals surface area contributed by atoms with E-state index in [1.807, 2.05) is 36.4 Å². The number of ether oxygens (including phenoxy) is 1. The predicted octanol–water partition coefficient (Wildman–Crippen LogP) is 5.06. The molecule has 5 heteroatoms. The fourth-order valence-corrected chi connectivity index (χ4v) is 3.54. The number of aliphatic hydroxyl groups excluding tert-OH is 1. The summed E-state index contributed by atoms with van der Waals surface area (Å²) >= 11 is 10.3. The Balaban J connectivity index is 2.48. The van der Waals surface area contributed by atoms with E-state index >= 15 is 0 Å². The minimum Gasteiger partial charge on any atom is -0.496 e. The zero-order valence-electron chi connectivity index (χ0n) is 10.0. The summed E-state index contributed by atoms with van der Waals surface area (Å²) in [6, 6.07) is 11.3. The van der Waals surface area contributed by atoms with Gasteiger partial charge in [-0.15, -0.1) is 0 Å². The van der Waals surface area contributed by atoms with Crippen LogP contribution in [0, 0.1) is 0 Å². The van der Waals surface area contributed by atoms with E-state index in [9.17, 15) is 5.11 Å². The zero-order valence-corrected chi connectivity index (χ0v) is 14.8. The third-order valence-electron chi connectivity index (χ3n) is 2.69. The smallest absolute Gasteiger partial charge is 0.125 e. The molecule has 2 nitrogen and oxygen atoms in total. The molecule has 0 aromatic heterocycles. The first-order valence-electron chi connectivity index (χ1n) is 5.48. The van der Waals surface area contributed by atoms with Crippen LogP contribution < -0.4 is 4.74 Å². The number of benzene rings is 2. The van der Waals surface area contributed by atoms with Gasteiger partial charge in [-0.2, -0.15) is 0 Å². The summed E-state index contributed by atoms with van der Waals surface area (Å²) in [6.45, 7) is 0. The maximum Gasteiger partial charge on any atom is 0.125 e. The van der Waals surface area contributed by atoms with Crippen LogP contribution in [0.15, 0.2) is 49.8 Å². The summed E-state index contributed by atoms with van der Waals surface area (Å²) < 4.78 is 8.01. The van der Waals surface area contributed by atoms with Gasteiger partial charge in [0.2, 0.25) is 0 Å². The number of aliphatic hydroxyl groups is 1. The summed E-state index contributed by atoms with van der Waals surface area (Å²) in [7, 11) is 1.59. The van der Waals surface area contributed by atoms with Gasteiger partial charge in [0.1, 0.15) is 11.9 Å². The van der Waals surface area contributed by atoms with Crippen LogP contribution in [0.1, 0.15) is 17.2 Å². The van der Waals surface area contributed by atoms with Crippen molar-refractivity contribution < 1.29 is 9.84 Å². The van der Waals surface area contributed by atoms with E-state index in [-0.39, 0.29) is 0 Å². The SMILES string of the molecule is COc1ccc(Br)cc1C(O)c1cc(Br)cc(Br)c1. The Bertz CT molecular complexity index is 579. The van der Waals surface area contributed by atoms with Crippen molar-refractivity contribution in [2.24, 2.45) is 0 Å². The lowest BCUT2D eigenvalue weighted by molar-refractivity contribution is 0.214. The Labute approximate surface area is 137 Å². The first-order valence-corrected chi connectivity index (χ1v) is 7.86. The average Bonchev–Trinajstić information content (AvgIpc) is 2.36. The molecule has 0 saturated carbocycles. The van der Waals surface area contributed by atoms with Crippen LogP contribution in [0.5, 0.6) is 5.75 Å². The normalized spacial score (nSPS) is 12.3. The number of halogens is 3. The van der Waals surface area contributed by atoms with Crippen LogP contribution in [0.4, 0.5) is 0 Å². The van der Waals surface area contributed by atoms with E-state index in [1.54, 1.807) is 7.11 Å². The predicted molar refractivity (Wildman–Crippen MR) is 86.6 cm³/mol. The van der Waals surface area contributed by atoms with Crippen LogP contribution in [0.25, 0.3) is 0 Å². The second-order valence-corrected chi connectivity index (χ2v) is 6.74. The molecule has 0 radical (unpaired) electrons. The second-order valence-electron chi connectivity index (χ2n) is 3.99. The molecule has 19 heavy (non-hydrogen) atoms. The van der Waals surface area contributed by atoms with Gasteiger partial charge in [-0.1, -0.05) is 47.8 Å². The molecule has 2 aromatic carbocycles. The summed E-state index contributed by atoms with van der Waals surface area (Å²) in [4.78, 5) is 0.